The number of carbonyl (C=O) groups is 1. The first-order chi connectivity index (χ1) is 16.4. The van der Waals surface area contributed by atoms with Crippen molar-refractivity contribution < 1.29 is 27.5 Å². The van der Waals surface area contributed by atoms with Crippen molar-refractivity contribution in [3.63, 3.8) is 0 Å². The average Bonchev–Trinajstić information content (AvgIpc) is 3.20. The van der Waals surface area contributed by atoms with Gasteiger partial charge in [-0.3, -0.25) is 15.2 Å². The lowest BCUT2D eigenvalue weighted by Gasteiger charge is -2.35. The second-order valence-corrected chi connectivity index (χ2v) is 9.15. The maximum Gasteiger partial charge on any atom is 0.252 e. The maximum atomic E-state index is 15.1. The molecule has 0 saturated heterocycles. The average molecular weight is 515 g/mol. The standard InChI is InChI=1S/C22H23ClF4N6O2/c1-11(29-20(34)21(35)3-5-22(26,27)6-4-21)18-16(25)7-12(10-28-18)14-8-13(23)9-15(24)17(14)19-30-32-33(2)31-19/h7-11,32,35H,3-6H2,1-2H3,(H,29,34)(H,30,31). The number of amides is 1. The highest BCUT2D eigenvalue weighted by molar-refractivity contribution is 6.31. The smallest absolute Gasteiger partial charge is 0.252 e. The van der Waals surface area contributed by atoms with E-state index in [9.17, 15) is 23.1 Å². The van der Waals surface area contributed by atoms with Crippen LogP contribution in [-0.4, -0.2) is 45.5 Å². The van der Waals surface area contributed by atoms with Gasteiger partial charge in [-0.1, -0.05) is 11.6 Å². The molecule has 1 saturated carbocycles. The number of pyridine rings is 1. The second-order valence-electron chi connectivity index (χ2n) is 8.72. The summed E-state index contributed by atoms with van der Waals surface area (Å²) < 4.78 is 56.7. The van der Waals surface area contributed by atoms with Gasteiger partial charge in [0, 0.05) is 36.7 Å². The van der Waals surface area contributed by atoms with Crippen molar-refractivity contribution in [2.45, 2.75) is 50.2 Å². The molecule has 35 heavy (non-hydrogen) atoms. The molecule has 1 aliphatic carbocycles. The fourth-order valence-electron chi connectivity index (χ4n) is 4.06. The summed E-state index contributed by atoms with van der Waals surface area (Å²) in [6.07, 6.45) is -0.748. The summed E-state index contributed by atoms with van der Waals surface area (Å²) in [7, 11) is 1.62. The van der Waals surface area contributed by atoms with Crippen LogP contribution in [0.15, 0.2) is 29.5 Å². The Hall–Kier alpha value is -2.96. The van der Waals surface area contributed by atoms with Gasteiger partial charge in [0.2, 0.25) is 5.92 Å². The normalized spacial score (nSPS) is 19.9. The summed E-state index contributed by atoms with van der Waals surface area (Å²) in [4.78, 5) is 16.7. The van der Waals surface area contributed by atoms with Crippen molar-refractivity contribution in [3.8, 4) is 11.1 Å². The second kappa shape index (κ2) is 9.25. The van der Waals surface area contributed by atoms with Crippen LogP contribution in [0.25, 0.3) is 11.1 Å². The number of aromatic nitrogens is 1. The van der Waals surface area contributed by atoms with Crippen LogP contribution in [0.4, 0.5) is 17.6 Å². The minimum Gasteiger partial charge on any atom is -0.380 e. The van der Waals surface area contributed by atoms with Crippen LogP contribution >= 0.6 is 11.6 Å². The van der Waals surface area contributed by atoms with E-state index in [2.05, 4.69) is 26.4 Å². The number of hydrazine groups is 2. The van der Waals surface area contributed by atoms with Crippen molar-refractivity contribution in [1.82, 2.24) is 26.4 Å². The Morgan fingerprint density at radius 2 is 1.89 bits per heavy atom. The molecule has 0 bridgehead atoms. The lowest BCUT2D eigenvalue weighted by atomic mass is 9.82. The zero-order chi connectivity index (χ0) is 25.5. The quantitative estimate of drug-likeness (QED) is 0.456. The third-order valence-electron chi connectivity index (χ3n) is 6.05. The van der Waals surface area contributed by atoms with Crippen LogP contribution in [0.1, 0.15) is 49.9 Å². The van der Waals surface area contributed by atoms with Crippen molar-refractivity contribution in [3.05, 3.63) is 52.3 Å². The molecule has 4 N–H and O–H groups in total. The number of halogens is 5. The van der Waals surface area contributed by atoms with Gasteiger partial charge in [-0.2, -0.15) is 0 Å². The van der Waals surface area contributed by atoms with Crippen molar-refractivity contribution in [2.75, 3.05) is 7.05 Å². The zero-order valence-corrected chi connectivity index (χ0v) is 19.6. The lowest BCUT2D eigenvalue weighted by molar-refractivity contribution is -0.154. The van der Waals surface area contributed by atoms with Gasteiger partial charge in [-0.25, -0.2) is 23.1 Å². The number of rotatable bonds is 5. The third kappa shape index (κ3) is 5.19. The van der Waals surface area contributed by atoms with Gasteiger partial charge >= 0.3 is 0 Å². The number of amidine groups is 1. The largest absolute Gasteiger partial charge is 0.380 e. The molecule has 1 atom stereocenters. The number of carbonyl (C=O) groups excluding carboxylic acids is 1. The highest BCUT2D eigenvalue weighted by Gasteiger charge is 2.47. The summed E-state index contributed by atoms with van der Waals surface area (Å²) in [5, 5.41) is 18.4. The minimum atomic E-state index is -2.93. The molecule has 2 heterocycles. The number of aliphatic hydroxyl groups is 1. The molecular formula is C22H23ClF4N6O2. The first-order valence-corrected chi connectivity index (χ1v) is 11.2. The van der Waals surface area contributed by atoms with E-state index in [0.29, 0.717) is 0 Å². The van der Waals surface area contributed by atoms with Gasteiger partial charge in [0.1, 0.15) is 17.2 Å². The van der Waals surface area contributed by atoms with Crippen LogP contribution in [0.3, 0.4) is 0 Å². The summed E-state index contributed by atoms with van der Waals surface area (Å²) in [5.74, 6) is -5.14. The van der Waals surface area contributed by atoms with E-state index in [-0.39, 0.29) is 33.2 Å². The van der Waals surface area contributed by atoms with Crippen LogP contribution in [0, 0.1) is 11.6 Å². The minimum absolute atomic E-state index is 0.0397. The Morgan fingerprint density at radius 3 is 2.49 bits per heavy atom. The molecule has 1 aromatic carbocycles. The molecule has 1 fully saturated rings. The molecule has 0 radical (unpaired) electrons. The molecule has 2 aliphatic rings. The highest BCUT2D eigenvalue weighted by Crippen LogP contribution is 2.39. The summed E-state index contributed by atoms with van der Waals surface area (Å²) in [5.41, 5.74) is 3.76. The predicted octanol–water partition coefficient (Wildman–Crippen LogP) is 3.41. The first kappa shape index (κ1) is 25.1. The van der Waals surface area contributed by atoms with E-state index in [0.717, 1.165) is 12.1 Å². The number of nitrogens with zero attached hydrogens (tertiary/aromatic N) is 3. The Kier molecular flexibility index (Phi) is 6.64. The number of hydrazone groups is 1. The van der Waals surface area contributed by atoms with Gasteiger partial charge in [-0.05, 0) is 43.5 Å². The van der Waals surface area contributed by atoms with Crippen LogP contribution < -0.4 is 16.3 Å². The van der Waals surface area contributed by atoms with E-state index in [1.54, 1.807) is 7.05 Å². The SMILES string of the molecule is CC(NC(=O)C1(O)CCC(F)(F)CC1)c1ncc(-c2cc(Cl)cc(F)c2C2=NNN(C)N2)cc1F. The lowest BCUT2D eigenvalue weighted by Crippen LogP contribution is -2.51. The van der Waals surface area contributed by atoms with E-state index >= 15 is 4.39 Å². The fraction of sp³-hybridized carbons (Fsp3) is 0.409. The van der Waals surface area contributed by atoms with E-state index in [1.165, 1.54) is 24.3 Å². The Morgan fingerprint density at radius 1 is 1.20 bits per heavy atom. The number of alkyl halides is 2. The number of hydrogen-bond donors (Lipinski definition) is 4. The highest BCUT2D eigenvalue weighted by atomic mass is 35.5. The van der Waals surface area contributed by atoms with Crippen LogP contribution in [0.2, 0.25) is 5.02 Å². The summed E-state index contributed by atoms with van der Waals surface area (Å²) in [6.45, 7) is 1.45. The molecule has 13 heteroatoms. The summed E-state index contributed by atoms with van der Waals surface area (Å²) in [6, 6.07) is 2.68. The van der Waals surface area contributed by atoms with Crippen molar-refractivity contribution in [1.29, 1.82) is 0 Å². The monoisotopic (exact) mass is 514 g/mol. The topological polar surface area (TPSA) is 102 Å². The predicted molar refractivity (Wildman–Crippen MR) is 120 cm³/mol. The Labute approximate surface area is 203 Å². The maximum absolute atomic E-state index is 15.1. The number of nitrogens with one attached hydrogen (secondary N) is 3. The molecule has 4 rings (SSSR count). The van der Waals surface area contributed by atoms with Gasteiger partial charge in [0.25, 0.3) is 5.91 Å². The molecule has 2 aromatic rings. The Balaban J connectivity index is 1.57. The molecule has 1 amide bonds. The van der Waals surface area contributed by atoms with Gasteiger partial charge in [0.15, 0.2) is 5.84 Å². The van der Waals surface area contributed by atoms with E-state index in [1.807, 2.05) is 0 Å². The third-order valence-corrected chi connectivity index (χ3v) is 6.27. The van der Waals surface area contributed by atoms with E-state index < -0.39 is 60.8 Å². The molecule has 1 aromatic heterocycles. The van der Waals surface area contributed by atoms with Crippen LogP contribution in [0.5, 0.6) is 0 Å². The molecule has 188 valence electrons. The first-order valence-electron chi connectivity index (χ1n) is 10.8. The Bertz CT molecular complexity index is 1180. The van der Waals surface area contributed by atoms with Gasteiger partial charge in [0.05, 0.1) is 17.3 Å². The van der Waals surface area contributed by atoms with Crippen molar-refractivity contribution >= 4 is 23.3 Å². The van der Waals surface area contributed by atoms with Gasteiger partial charge < -0.3 is 10.4 Å². The van der Waals surface area contributed by atoms with E-state index in [4.69, 9.17) is 11.6 Å². The summed E-state index contributed by atoms with van der Waals surface area (Å²) >= 11 is 6.03. The molecule has 8 nitrogen and oxygen atoms in total. The van der Waals surface area contributed by atoms with Crippen molar-refractivity contribution in [2.24, 2.45) is 5.10 Å². The molecule has 0 spiro atoms. The number of hydrogen-bond acceptors (Lipinski definition) is 7. The van der Waals surface area contributed by atoms with Crippen LogP contribution in [-0.2, 0) is 4.79 Å². The fourth-order valence-corrected chi connectivity index (χ4v) is 4.26. The van der Waals surface area contributed by atoms with Gasteiger partial charge in [-0.15, -0.1) is 10.2 Å². The molecule has 1 unspecified atom stereocenters. The number of benzene rings is 1. The molecule has 1 aliphatic heterocycles. The molecular weight excluding hydrogens is 492 g/mol. The zero-order valence-electron chi connectivity index (χ0n) is 18.8.